The van der Waals surface area contributed by atoms with Gasteiger partial charge in [0.1, 0.15) is 0 Å². The Kier molecular flexibility index (Phi) is 6.40. The molecule has 1 saturated heterocycles. The van der Waals surface area contributed by atoms with Crippen LogP contribution in [0.2, 0.25) is 10.0 Å². The molecule has 4 nitrogen and oxygen atoms in total. The van der Waals surface area contributed by atoms with Gasteiger partial charge in [0.15, 0.2) is 0 Å². The van der Waals surface area contributed by atoms with E-state index in [9.17, 15) is 9.59 Å². The molecule has 142 valence electrons. The number of hydrogen-bond donors (Lipinski definition) is 1. The zero-order valence-electron chi connectivity index (χ0n) is 15.1. The van der Waals surface area contributed by atoms with Gasteiger partial charge in [-0.2, -0.15) is 0 Å². The number of nitrogens with one attached hydrogen (secondary N) is 1. The molecule has 0 aliphatic carbocycles. The van der Waals surface area contributed by atoms with E-state index in [1.807, 2.05) is 41.3 Å². The SMILES string of the molecule is CC(=O)N[C@@H](CC(=O)N1CCC[C@@H]1c1ccc(Cl)cc1)c1ccc(Cl)cc1. The number of nitrogens with zero attached hydrogens (tertiary/aromatic N) is 1. The molecule has 0 aromatic heterocycles. The van der Waals surface area contributed by atoms with Crippen LogP contribution in [0.4, 0.5) is 0 Å². The third-order valence-corrected chi connectivity index (χ3v) is 5.36. The van der Waals surface area contributed by atoms with Gasteiger partial charge in [0.25, 0.3) is 0 Å². The van der Waals surface area contributed by atoms with Crippen molar-refractivity contribution in [3.8, 4) is 0 Å². The van der Waals surface area contributed by atoms with Crippen molar-refractivity contribution in [3.05, 3.63) is 69.7 Å². The normalized spacial score (nSPS) is 17.6. The van der Waals surface area contributed by atoms with Crippen molar-refractivity contribution in [2.75, 3.05) is 6.54 Å². The molecule has 1 heterocycles. The van der Waals surface area contributed by atoms with Crippen molar-refractivity contribution in [2.24, 2.45) is 0 Å². The Morgan fingerprint density at radius 3 is 2.26 bits per heavy atom. The van der Waals surface area contributed by atoms with E-state index in [2.05, 4.69) is 5.32 Å². The predicted molar refractivity (Wildman–Crippen MR) is 108 cm³/mol. The van der Waals surface area contributed by atoms with Gasteiger partial charge in [0, 0.05) is 23.5 Å². The summed E-state index contributed by atoms with van der Waals surface area (Å²) in [4.78, 5) is 26.6. The molecule has 1 aliphatic rings. The Labute approximate surface area is 169 Å². The Balaban J connectivity index is 1.76. The fourth-order valence-electron chi connectivity index (χ4n) is 3.58. The second-order valence-corrected chi connectivity index (χ2v) is 7.68. The zero-order chi connectivity index (χ0) is 19.4. The van der Waals surface area contributed by atoms with Crippen molar-refractivity contribution in [3.63, 3.8) is 0 Å². The molecule has 6 heteroatoms. The molecule has 2 aromatic carbocycles. The van der Waals surface area contributed by atoms with Crippen molar-refractivity contribution in [1.29, 1.82) is 0 Å². The average Bonchev–Trinajstić information content (AvgIpc) is 3.12. The highest BCUT2D eigenvalue weighted by atomic mass is 35.5. The molecule has 0 spiro atoms. The second-order valence-electron chi connectivity index (χ2n) is 6.81. The Hall–Kier alpha value is -2.04. The summed E-state index contributed by atoms with van der Waals surface area (Å²) in [5.74, 6) is -0.139. The summed E-state index contributed by atoms with van der Waals surface area (Å²) in [6, 6.07) is 14.6. The van der Waals surface area contributed by atoms with Gasteiger partial charge in [0.2, 0.25) is 11.8 Å². The monoisotopic (exact) mass is 404 g/mol. The molecule has 0 unspecified atom stereocenters. The number of rotatable bonds is 5. The predicted octanol–water partition coefficient (Wildman–Crippen LogP) is 4.92. The van der Waals surface area contributed by atoms with Gasteiger partial charge in [-0.3, -0.25) is 9.59 Å². The molecule has 2 atom stereocenters. The first-order valence-corrected chi connectivity index (χ1v) is 9.77. The molecule has 1 N–H and O–H groups in total. The van der Waals surface area contributed by atoms with Gasteiger partial charge in [-0.05, 0) is 48.2 Å². The van der Waals surface area contributed by atoms with Gasteiger partial charge >= 0.3 is 0 Å². The van der Waals surface area contributed by atoms with Crippen molar-refractivity contribution < 1.29 is 9.59 Å². The number of carbonyl (C=O) groups is 2. The molecule has 27 heavy (non-hydrogen) atoms. The Morgan fingerprint density at radius 1 is 1.07 bits per heavy atom. The van der Waals surface area contributed by atoms with E-state index in [4.69, 9.17) is 23.2 Å². The minimum absolute atomic E-state index is 0.0288. The van der Waals surface area contributed by atoms with Crippen LogP contribution in [-0.2, 0) is 9.59 Å². The molecule has 2 aromatic rings. The zero-order valence-corrected chi connectivity index (χ0v) is 16.6. The highest BCUT2D eigenvalue weighted by Gasteiger charge is 2.31. The number of likely N-dealkylation sites (tertiary alicyclic amines) is 1. The summed E-state index contributed by atoms with van der Waals surface area (Å²) < 4.78 is 0. The van der Waals surface area contributed by atoms with E-state index in [0.29, 0.717) is 10.0 Å². The van der Waals surface area contributed by atoms with E-state index in [-0.39, 0.29) is 30.3 Å². The molecule has 2 amide bonds. The molecule has 0 saturated carbocycles. The topological polar surface area (TPSA) is 49.4 Å². The maximum Gasteiger partial charge on any atom is 0.225 e. The quantitative estimate of drug-likeness (QED) is 0.767. The first kappa shape index (κ1) is 19.7. The van der Waals surface area contributed by atoms with Crippen LogP contribution in [0.3, 0.4) is 0 Å². The van der Waals surface area contributed by atoms with Crippen molar-refractivity contribution in [1.82, 2.24) is 10.2 Å². The van der Waals surface area contributed by atoms with Gasteiger partial charge < -0.3 is 10.2 Å². The van der Waals surface area contributed by atoms with E-state index in [1.54, 1.807) is 12.1 Å². The summed E-state index contributed by atoms with van der Waals surface area (Å²) in [6.45, 7) is 2.18. The van der Waals surface area contributed by atoms with Crippen LogP contribution in [0, 0.1) is 0 Å². The highest BCUT2D eigenvalue weighted by Crippen LogP contribution is 2.34. The third-order valence-electron chi connectivity index (χ3n) is 4.86. The van der Waals surface area contributed by atoms with Crippen LogP contribution in [0.25, 0.3) is 0 Å². The van der Waals surface area contributed by atoms with Crippen LogP contribution in [-0.4, -0.2) is 23.3 Å². The van der Waals surface area contributed by atoms with Crippen LogP contribution in [0.1, 0.15) is 49.4 Å². The summed E-state index contributed by atoms with van der Waals surface area (Å²) in [5.41, 5.74) is 1.96. The largest absolute Gasteiger partial charge is 0.349 e. The smallest absolute Gasteiger partial charge is 0.225 e. The average molecular weight is 405 g/mol. The van der Waals surface area contributed by atoms with Crippen LogP contribution < -0.4 is 5.32 Å². The van der Waals surface area contributed by atoms with Gasteiger partial charge in [-0.15, -0.1) is 0 Å². The summed E-state index contributed by atoms with van der Waals surface area (Å²) in [6.07, 6.45) is 2.11. The first-order valence-electron chi connectivity index (χ1n) is 9.01. The number of carbonyl (C=O) groups excluding carboxylic acids is 2. The molecule has 0 bridgehead atoms. The summed E-state index contributed by atoms with van der Waals surface area (Å²) >= 11 is 11.9. The van der Waals surface area contributed by atoms with Crippen LogP contribution in [0.15, 0.2) is 48.5 Å². The number of hydrogen-bond acceptors (Lipinski definition) is 2. The third kappa shape index (κ3) is 5.02. The first-order chi connectivity index (χ1) is 12.9. The van der Waals surface area contributed by atoms with Crippen LogP contribution in [0.5, 0.6) is 0 Å². The lowest BCUT2D eigenvalue weighted by atomic mass is 10.0. The van der Waals surface area contributed by atoms with E-state index >= 15 is 0 Å². The fourth-order valence-corrected chi connectivity index (χ4v) is 3.83. The Bertz CT molecular complexity index is 806. The van der Waals surface area contributed by atoms with Crippen molar-refractivity contribution in [2.45, 2.75) is 38.3 Å². The summed E-state index contributed by atoms with van der Waals surface area (Å²) in [7, 11) is 0. The lowest BCUT2D eigenvalue weighted by molar-refractivity contribution is -0.133. The lowest BCUT2D eigenvalue weighted by Gasteiger charge is -2.27. The Morgan fingerprint density at radius 2 is 1.67 bits per heavy atom. The number of amides is 2. The van der Waals surface area contributed by atoms with Gasteiger partial charge in [-0.1, -0.05) is 47.5 Å². The van der Waals surface area contributed by atoms with Crippen LogP contribution >= 0.6 is 23.2 Å². The molecule has 1 fully saturated rings. The highest BCUT2D eigenvalue weighted by molar-refractivity contribution is 6.30. The minimum atomic E-state index is -0.376. The maximum atomic E-state index is 13.1. The summed E-state index contributed by atoms with van der Waals surface area (Å²) in [5, 5.41) is 4.19. The molecular weight excluding hydrogens is 383 g/mol. The van der Waals surface area contributed by atoms with E-state index < -0.39 is 0 Å². The maximum absolute atomic E-state index is 13.1. The van der Waals surface area contributed by atoms with Crippen molar-refractivity contribution >= 4 is 35.0 Å². The standard InChI is InChI=1S/C21H22Cl2N2O2/c1-14(26)24-19(15-4-8-17(22)9-5-15)13-21(27)25-12-2-3-20(25)16-6-10-18(23)11-7-16/h4-11,19-20H,2-3,12-13H2,1H3,(H,24,26)/t19-,20+/m0/s1. The molecule has 1 aliphatic heterocycles. The van der Waals surface area contributed by atoms with E-state index in [1.165, 1.54) is 6.92 Å². The second kappa shape index (κ2) is 8.77. The van der Waals surface area contributed by atoms with Gasteiger partial charge in [0.05, 0.1) is 18.5 Å². The molecule has 3 rings (SSSR count). The number of benzene rings is 2. The minimum Gasteiger partial charge on any atom is -0.349 e. The number of halogens is 2. The van der Waals surface area contributed by atoms with Gasteiger partial charge in [-0.25, -0.2) is 0 Å². The molecular formula is C21H22Cl2N2O2. The molecule has 0 radical (unpaired) electrons. The fraction of sp³-hybridized carbons (Fsp3) is 0.333. The van der Waals surface area contributed by atoms with E-state index in [0.717, 1.165) is 30.5 Å². The lowest BCUT2D eigenvalue weighted by Crippen LogP contribution is -2.35.